The van der Waals surface area contributed by atoms with Crippen LogP contribution in [0.4, 0.5) is 0 Å². The first kappa shape index (κ1) is 25.2. The van der Waals surface area contributed by atoms with E-state index < -0.39 is 0 Å². The smallest absolute Gasteiger partial charge is 0.271 e. The second kappa shape index (κ2) is 11.3. The van der Waals surface area contributed by atoms with E-state index in [0.29, 0.717) is 23.6 Å². The number of rotatable bonds is 6. The molecule has 1 aliphatic heterocycles. The Morgan fingerprint density at radius 1 is 0.892 bits per heavy atom. The zero-order chi connectivity index (χ0) is 25.8. The lowest BCUT2D eigenvalue weighted by Crippen LogP contribution is -2.50. The third kappa shape index (κ3) is 5.93. The Bertz CT molecular complexity index is 1390. The Morgan fingerprint density at radius 2 is 1.49 bits per heavy atom. The molecule has 4 aromatic rings. The predicted octanol–water partition coefficient (Wildman–Crippen LogP) is 5.82. The number of hydrogen-bond donors (Lipinski definition) is 1. The number of carbonyl (C=O) groups is 2. The van der Waals surface area contributed by atoms with Crippen molar-refractivity contribution in [2.45, 2.75) is 30.4 Å². The number of ether oxygens (including phenoxy) is 1. The van der Waals surface area contributed by atoms with Crippen LogP contribution in [-0.2, 0) is 9.53 Å². The Hall–Kier alpha value is -3.46. The van der Waals surface area contributed by atoms with Gasteiger partial charge in [-0.2, -0.15) is 0 Å². The molecule has 0 radical (unpaired) electrons. The van der Waals surface area contributed by atoms with Crippen LogP contribution in [0.1, 0.15) is 29.8 Å². The molecule has 1 N–H and O–H groups in total. The van der Waals surface area contributed by atoms with Crippen LogP contribution >= 0.6 is 23.1 Å². The fourth-order valence-corrected chi connectivity index (χ4v) is 6.51. The van der Waals surface area contributed by atoms with E-state index >= 15 is 0 Å². The van der Waals surface area contributed by atoms with E-state index in [9.17, 15) is 9.59 Å². The van der Waals surface area contributed by atoms with Gasteiger partial charge in [-0.05, 0) is 43.7 Å². The molecular formula is C29H27N3O3S2. The number of thioether (sulfide) groups is 1. The van der Waals surface area contributed by atoms with Gasteiger partial charge in [-0.15, -0.1) is 11.3 Å². The highest BCUT2D eigenvalue weighted by Crippen LogP contribution is 2.40. The summed E-state index contributed by atoms with van der Waals surface area (Å²) in [7, 11) is 0. The second-order valence-electron chi connectivity index (χ2n) is 8.91. The van der Waals surface area contributed by atoms with Crippen molar-refractivity contribution in [2.75, 3.05) is 13.1 Å². The molecule has 2 unspecified atom stereocenters. The minimum Gasteiger partial charge on any atom is -0.372 e. The number of amides is 2. The van der Waals surface area contributed by atoms with Crippen LogP contribution in [-0.4, -0.2) is 47.0 Å². The molecule has 2 heterocycles. The van der Waals surface area contributed by atoms with Crippen LogP contribution in [0.5, 0.6) is 0 Å². The fraction of sp³-hybridized carbons (Fsp3) is 0.207. The first-order chi connectivity index (χ1) is 18.0. The summed E-state index contributed by atoms with van der Waals surface area (Å²) in [5.41, 5.74) is 2.46. The van der Waals surface area contributed by atoms with Gasteiger partial charge in [-0.1, -0.05) is 72.4 Å². The number of aromatic nitrogens is 1. The standard InChI is InChI=1S/C29H27N3O3S2/c1-19-17-32(18-20(2)35-19)28(34)25(31-27(33)22-13-7-4-8-14-22)26(21-11-5-3-6-12-21)37-29-30-23-15-9-10-16-24(23)36-29/h3-16,19-20H,17-18H2,1-2H3,(H,31,33). The molecule has 2 amide bonds. The summed E-state index contributed by atoms with van der Waals surface area (Å²) in [5, 5.41) is 2.98. The molecular weight excluding hydrogens is 502 g/mol. The van der Waals surface area contributed by atoms with Crippen molar-refractivity contribution < 1.29 is 14.3 Å². The summed E-state index contributed by atoms with van der Waals surface area (Å²) in [6.45, 7) is 4.80. The number of para-hydroxylation sites is 1. The van der Waals surface area contributed by atoms with Gasteiger partial charge in [0.2, 0.25) is 0 Å². The number of morpholine rings is 1. The number of hydrogen-bond acceptors (Lipinski definition) is 6. The number of fused-ring (bicyclic) bond motifs is 1. The number of nitrogens with one attached hydrogen (secondary N) is 1. The summed E-state index contributed by atoms with van der Waals surface area (Å²) < 4.78 is 7.72. The number of carbonyl (C=O) groups excluding carboxylic acids is 2. The van der Waals surface area contributed by atoms with Gasteiger partial charge in [-0.3, -0.25) is 9.59 Å². The number of nitrogens with zero attached hydrogens (tertiary/aromatic N) is 2. The highest BCUT2D eigenvalue weighted by molar-refractivity contribution is 8.09. The molecule has 5 rings (SSSR count). The molecule has 1 fully saturated rings. The molecule has 1 aromatic heterocycles. The second-order valence-corrected chi connectivity index (χ2v) is 11.2. The summed E-state index contributed by atoms with van der Waals surface area (Å²) >= 11 is 2.96. The number of thiazole rings is 1. The molecule has 0 bridgehead atoms. The first-order valence-corrected chi connectivity index (χ1v) is 13.8. The molecule has 8 heteroatoms. The van der Waals surface area contributed by atoms with Crippen molar-refractivity contribution in [3.63, 3.8) is 0 Å². The fourth-order valence-electron chi connectivity index (χ4n) is 4.31. The van der Waals surface area contributed by atoms with Crippen LogP contribution in [0.25, 0.3) is 15.1 Å². The van der Waals surface area contributed by atoms with Crippen molar-refractivity contribution in [2.24, 2.45) is 0 Å². The van der Waals surface area contributed by atoms with Crippen molar-refractivity contribution in [3.8, 4) is 0 Å². The highest BCUT2D eigenvalue weighted by Gasteiger charge is 2.31. The van der Waals surface area contributed by atoms with Gasteiger partial charge >= 0.3 is 0 Å². The Labute approximate surface area is 224 Å². The largest absolute Gasteiger partial charge is 0.372 e. The number of benzene rings is 3. The Balaban J connectivity index is 1.62. The minimum absolute atomic E-state index is 0.101. The van der Waals surface area contributed by atoms with E-state index in [1.807, 2.05) is 74.5 Å². The lowest BCUT2D eigenvalue weighted by molar-refractivity contribution is -0.139. The highest BCUT2D eigenvalue weighted by atomic mass is 32.2. The van der Waals surface area contributed by atoms with E-state index in [0.717, 1.165) is 20.1 Å². The van der Waals surface area contributed by atoms with Crippen LogP contribution in [0.3, 0.4) is 0 Å². The summed E-state index contributed by atoms with van der Waals surface area (Å²) in [6, 6.07) is 26.6. The normalized spacial score (nSPS) is 18.4. The molecule has 2 atom stereocenters. The van der Waals surface area contributed by atoms with E-state index in [1.54, 1.807) is 40.5 Å². The van der Waals surface area contributed by atoms with Gasteiger partial charge in [0.05, 0.1) is 27.3 Å². The predicted molar refractivity (Wildman–Crippen MR) is 149 cm³/mol. The Morgan fingerprint density at radius 3 is 2.14 bits per heavy atom. The molecule has 188 valence electrons. The van der Waals surface area contributed by atoms with Crippen molar-refractivity contribution >= 4 is 50.0 Å². The average molecular weight is 530 g/mol. The van der Waals surface area contributed by atoms with Crippen molar-refractivity contribution in [1.82, 2.24) is 15.2 Å². The van der Waals surface area contributed by atoms with Crippen LogP contribution < -0.4 is 5.32 Å². The van der Waals surface area contributed by atoms with Gasteiger partial charge in [0.15, 0.2) is 4.34 Å². The molecule has 0 saturated carbocycles. The SMILES string of the molecule is CC1CN(C(=O)C(NC(=O)c2ccccc2)=C(Sc2nc3ccccc3s2)c2ccccc2)CC(C)O1. The Kier molecular flexibility index (Phi) is 7.69. The maximum absolute atomic E-state index is 14.1. The molecule has 6 nitrogen and oxygen atoms in total. The van der Waals surface area contributed by atoms with Crippen molar-refractivity contribution in [1.29, 1.82) is 0 Å². The van der Waals surface area contributed by atoms with Gasteiger partial charge < -0.3 is 15.0 Å². The zero-order valence-corrected chi connectivity index (χ0v) is 22.2. The van der Waals surface area contributed by atoms with Gasteiger partial charge in [0.25, 0.3) is 11.8 Å². The minimum atomic E-state index is -0.336. The molecule has 1 saturated heterocycles. The van der Waals surface area contributed by atoms with Crippen LogP contribution in [0.2, 0.25) is 0 Å². The van der Waals surface area contributed by atoms with Crippen molar-refractivity contribution in [3.05, 3.63) is 102 Å². The van der Waals surface area contributed by atoms with Gasteiger partial charge in [-0.25, -0.2) is 4.98 Å². The third-order valence-electron chi connectivity index (χ3n) is 5.92. The summed E-state index contributed by atoms with van der Waals surface area (Å²) in [5.74, 6) is -0.574. The summed E-state index contributed by atoms with van der Waals surface area (Å²) in [6.07, 6.45) is -0.202. The lowest BCUT2D eigenvalue weighted by atomic mass is 10.1. The first-order valence-electron chi connectivity index (χ1n) is 12.1. The van der Waals surface area contributed by atoms with E-state index in [4.69, 9.17) is 9.72 Å². The monoisotopic (exact) mass is 529 g/mol. The molecule has 1 aliphatic rings. The molecule has 3 aromatic carbocycles. The third-order valence-corrected chi connectivity index (χ3v) is 8.16. The molecule has 37 heavy (non-hydrogen) atoms. The van der Waals surface area contributed by atoms with Gasteiger partial charge in [0.1, 0.15) is 5.70 Å². The van der Waals surface area contributed by atoms with E-state index in [2.05, 4.69) is 5.32 Å². The average Bonchev–Trinajstić information content (AvgIpc) is 3.33. The molecule has 0 aliphatic carbocycles. The van der Waals surface area contributed by atoms with E-state index in [1.165, 1.54) is 11.8 Å². The quantitative estimate of drug-likeness (QED) is 0.252. The lowest BCUT2D eigenvalue weighted by Gasteiger charge is -2.36. The maximum Gasteiger partial charge on any atom is 0.271 e. The van der Waals surface area contributed by atoms with Gasteiger partial charge in [0, 0.05) is 18.7 Å². The zero-order valence-electron chi connectivity index (χ0n) is 20.6. The molecule has 0 spiro atoms. The van der Waals surface area contributed by atoms with Crippen LogP contribution in [0, 0.1) is 0 Å². The van der Waals surface area contributed by atoms with Crippen LogP contribution in [0.15, 0.2) is 95.0 Å². The topological polar surface area (TPSA) is 71.5 Å². The van der Waals surface area contributed by atoms with E-state index in [-0.39, 0.29) is 29.7 Å². The maximum atomic E-state index is 14.1. The summed E-state index contributed by atoms with van der Waals surface area (Å²) in [4.78, 5) is 34.6.